The molecule has 4 rings (SSSR count). The average molecular weight is 431 g/mol. The van der Waals surface area contributed by atoms with Crippen LogP contribution in [0, 0.1) is 0 Å². The van der Waals surface area contributed by atoms with E-state index in [0.29, 0.717) is 17.6 Å². The molecule has 8 nitrogen and oxygen atoms in total. The molecule has 0 saturated carbocycles. The Morgan fingerprint density at radius 3 is 2.84 bits per heavy atom. The van der Waals surface area contributed by atoms with E-state index >= 15 is 0 Å². The van der Waals surface area contributed by atoms with Crippen molar-refractivity contribution in [1.29, 1.82) is 0 Å². The van der Waals surface area contributed by atoms with E-state index < -0.39 is 18.0 Å². The summed E-state index contributed by atoms with van der Waals surface area (Å²) in [7, 11) is 0. The maximum atomic E-state index is 12.9. The van der Waals surface area contributed by atoms with E-state index in [2.05, 4.69) is 20.4 Å². The molecule has 164 valence electrons. The fourth-order valence-electron chi connectivity index (χ4n) is 3.34. The van der Waals surface area contributed by atoms with Gasteiger partial charge in [-0.3, -0.25) is 4.79 Å². The van der Waals surface area contributed by atoms with Crippen LogP contribution < -0.4 is 10.1 Å². The van der Waals surface area contributed by atoms with Crippen molar-refractivity contribution in [2.75, 3.05) is 11.9 Å². The number of nitrogens with one attached hydrogen (secondary N) is 1. The zero-order chi connectivity index (χ0) is 22.0. The van der Waals surface area contributed by atoms with Crippen molar-refractivity contribution < 1.29 is 23.0 Å². The second-order valence-corrected chi connectivity index (χ2v) is 7.55. The third kappa shape index (κ3) is 4.79. The molecule has 1 N–H and O–H groups in total. The highest BCUT2D eigenvalue weighted by atomic mass is 19.3. The van der Waals surface area contributed by atoms with Crippen LogP contribution in [-0.4, -0.2) is 38.4 Å². The van der Waals surface area contributed by atoms with E-state index in [1.807, 2.05) is 13.8 Å². The number of carbonyl (C=O) groups excluding carboxylic acids is 1. The maximum absolute atomic E-state index is 12.9. The van der Waals surface area contributed by atoms with E-state index in [-0.39, 0.29) is 29.6 Å². The normalized spacial score (nSPS) is 16.8. The van der Waals surface area contributed by atoms with Gasteiger partial charge in [-0.15, -0.1) is 5.10 Å². The van der Waals surface area contributed by atoms with Gasteiger partial charge in [0.15, 0.2) is 5.65 Å². The number of halogens is 2. The molecule has 1 aliphatic heterocycles. The molecule has 4 heterocycles. The molecule has 1 unspecified atom stereocenters. The van der Waals surface area contributed by atoms with Gasteiger partial charge in [0.2, 0.25) is 5.88 Å². The Labute approximate surface area is 177 Å². The molecule has 0 radical (unpaired) electrons. The van der Waals surface area contributed by atoms with Gasteiger partial charge in [0.25, 0.3) is 12.3 Å². The lowest BCUT2D eigenvalue weighted by molar-refractivity contribution is -0.0391. The maximum Gasteiger partial charge on any atom is 0.280 e. The molecule has 1 atom stereocenters. The average Bonchev–Trinajstić information content (AvgIpc) is 3.16. The van der Waals surface area contributed by atoms with Gasteiger partial charge in [-0.25, -0.2) is 18.4 Å². The Kier molecular flexibility index (Phi) is 6.08. The van der Waals surface area contributed by atoms with Crippen molar-refractivity contribution in [3.05, 3.63) is 41.7 Å². The minimum Gasteiger partial charge on any atom is -0.474 e. The molecular formula is C21H23F2N5O3. The Morgan fingerprint density at radius 2 is 2.13 bits per heavy atom. The molecule has 0 aromatic carbocycles. The largest absolute Gasteiger partial charge is 0.474 e. The third-order valence-corrected chi connectivity index (χ3v) is 4.76. The second kappa shape index (κ2) is 8.93. The zero-order valence-electron chi connectivity index (χ0n) is 17.2. The van der Waals surface area contributed by atoms with E-state index in [1.54, 1.807) is 16.9 Å². The van der Waals surface area contributed by atoms with Gasteiger partial charge < -0.3 is 14.8 Å². The van der Waals surface area contributed by atoms with Gasteiger partial charge in [0.05, 0.1) is 6.10 Å². The monoisotopic (exact) mass is 431 g/mol. The van der Waals surface area contributed by atoms with Gasteiger partial charge in [0.1, 0.15) is 23.3 Å². The van der Waals surface area contributed by atoms with Crippen LogP contribution >= 0.6 is 0 Å². The number of ether oxygens (including phenoxy) is 2. The number of nitrogens with zero attached hydrogens (tertiary/aromatic N) is 4. The highest BCUT2D eigenvalue weighted by Gasteiger charge is 2.22. The molecule has 3 aromatic heterocycles. The van der Waals surface area contributed by atoms with E-state index in [1.165, 1.54) is 18.2 Å². The molecule has 1 fully saturated rings. The zero-order valence-corrected chi connectivity index (χ0v) is 17.2. The summed E-state index contributed by atoms with van der Waals surface area (Å²) in [4.78, 5) is 21.1. The van der Waals surface area contributed by atoms with Crippen LogP contribution in [0.4, 0.5) is 14.6 Å². The quantitative estimate of drug-likeness (QED) is 0.618. The van der Waals surface area contributed by atoms with E-state index in [4.69, 9.17) is 9.47 Å². The topological polar surface area (TPSA) is 91.2 Å². The number of anilines is 1. The summed E-state index contributed by atoms with van der Waals surface area (Å²) >= 11 is 0. The SMILES string of the molecule is CC(C)Oc1nc2nn(C3CCCCO3)cc2cc1C(=O)Nc1cccc(C(F)F)n1. The third-order valence-electron chi connectivity index (χ3n) is 4.76. The predicted molar refractivity (Wildman–Crippen MR) is 109 cm³/mol. The Morgan fingerprint density at radius 1 is 1.29 bits per heavy atom. The minimum absolute atomic E-state index is 0.0182. The molecule has 0 aliphatic carbocycles. The number of pyridine rings is 2. The number of amides is 1. The molecule has 0 bridgehead atoms. The van der Waals surface area contributed by atoms with Crippen molar-refractivity contribution >= 4 is 22.8 Å². The van der Waals surface area contributed by atoms with Gasteiger partial charge in [0, 0.05) is 18.2 Å². The van der Waals surface area contributed by atoms with E-state index in [0.717, 1.165) is 19.3 Å². The van der Waals surface area contributed by atoms with Crippen LogP contribution in [0.15, 0.2) is 30.5 Å². The number of fused-ring (bicyclic) bond motifs is 1. The van der Waals surface area contributed by atoms with Crippen LogP contribution in [0.1, 0.15) is 61.8 Å². The van der Waals surface area contributed by atoms with Crippen molar-refractivity contribution in [3.8, 4) is 5.88 Å². The summed E-state index contributed by atoms with van der Waals surface area (Å²) in [6, 6.07) is 5.67. The smallest absolute Gasteiger partial charge is 0.280 e. The lowest BCUT2D eigenvalue weighted by Gasteiger charge is -2.22. The number of hydrogen-bond donors (Lipinski definition) is 1. The Hall–Kier alpha value is -3.14. The lowest BCUT2D eigenvalue weighted by atomic mass is 10.2. The fourth-order valence-corrected chi connectivity index (χ4v) is 3.34. The predicted octanol–water partition coefficient (Wildman–Crippen LogP) is 4.50. The van der Waals surface area contributed by atoms with Crippen LogP contribution in [0.25, 0.3) is 11.0 Å². The minimum atomic E-state index is -2.73. The number of alkyl halides is 2. The molecule has 1 amide bonds. The Balaban J connectivity index is 1.67. The first-order chi connectivity index (χ1) is 14.9. The fraction of sp³-hybridized carbons (Fsp3) is 0.429. The molecular weight excluding hydrogens is 408 g/mol. The summed E-state index contributed by atoms with van der Waals surface area (Å²) < 4.78 is 39.1. The van der Waals surface area contributed by atoms with Crippen molar-refractivity contribution in [2.24, 2.45) is 0 Å². The molecule has 1 saturated heterocycles. The van der Waals surface area contributed by atoms with Crippen molar-refractivity contribution in [3.63, 3.8) is 0 Å². The van der Waals surface area contributed by atoms with E-state index in [9.17, 15) is 13.6 Å². The van der Waals surface area contributed by atoms with Crippen LogP contribution in [0.3, 0.4) is 0 Å². The number of hydrogen-bond acceptors (Lipinski definition) is 6. The van der Waals surface area contributed by atoms with Crippen LogP contribution in [0.5, 0.6) is 5.88 Å². The highest BCUT2D eigenvalue weighted by molar-refractivity contribution is 6.07. The summed E-state index contributed by atoms with van der Waals surface area (Å²) in [6.45, 7) is 4.31. The first-order valence-corrected chi connectivity index (χ1v) is 10.2. The first kappa shape index (κ1) is 21.1. The van der Waals surface area contributed by atoms with Crippen molar-refractivity contribution in [1.82, 2.24) is 19.7 Å². The molecule has 10 heteroatoms. The van der Waals surface area contributed by atoms with Crippen LogP contribution in [0.2, 0.25) is 0 Å². The molecule has 31 heavy (non-hydrogen) atoms. The van der Waals surface area contributed by atoms with Gasteiger partial charge in [-0.05, 0) is 51.3 Å². The summed E-state index contributed by atoms with van der Waals surface area (Å²) in [5.41, 5.74) is 0.174. The van der Waals surface area contributed by atoms with Crippen molar-refractivity contribution in [2.45, 2.75) is 51.9 Å². The highest BCUT2D eigenvalue weighted by Crippen LogP contribution is 2.27. The molecule has 1 aliphatic rings. The number of aromatic nitrogens is 4. The summed E-state index contributed by atoms with van der Waals surface area (Å²) in [6.07, 6.45) is 1.56. The number of carbonyl (C=O) groups is 1. The Bertz CT molecular complexity index is 1080. The van der Waals surface area contributed by atoms with Gasteiger partial charge in [-0.1, -0.05) is 6.07 Å². The lowest BCUT2D eigenvalue weighted by Crippen LogP contribution is -2.18. The molecule has 0 spiro atoms. The summed E-state index contributed by atoms with van der Waals surface area (Å²) in [5.74, 6) is -0.435. The molecule has 3 aromatic rings. The van der Waals surface area contributed by atoms with Gasteiger partial charge in [-0.2, -0.15) is 4.98 Å². The van der Waals surface area contributed by atoms with Crippen LogP contribution in [-0.2, 0) is 4.74 Å². The summed E-state index contributed by atoms with van der Waals surface area (Å²) in [5, 5.41) is 7.68. The first-order valence-electron chi connectivity index (χ1n) is 10.2. The second-order valence-electron chi connectivity index (χ2n) is 7.55. The van der Waals surface area contributed by atoms with Gasteiger partial charge >= 0.3 is 0 Å². The standard InChI is InChI=1S/C21H23F2N5O3/c1-12(2)31-21-14(20(29)25-16-7-5-6-15(24-16)18(22)23)10-13-11-28(27-19(13)26-21)17-8-3-4-9-30-17/h5-7,10-12,17-18H,3-4,8-9H2,1-2H3,(H,24,25,29). The number of rotatable bonds is 6.